The molecular weight excluding hydrogens is 847 g/mol. The Bertz CT molecular complexity index is 1360. The number of carbonyl (C=O) groups is 2. The van der Waals surface area contributed by atoms with Crippen molar-refractivity contribution >= 4 is 11.9 Å². The molecule has 11 nitrogen and oxygen atoms in total. The van der Waals surface area contributed by atoms with E-state index in [4.69, 9.17) is 14.2 Å². The predicted molar refractivity (Wildman–Crippen MR) is 273 cm³/mol. The van der Waals surface area contributed by atoms with Gasteiger partial charge in [-0.15, -0.1) is 0 Å². The molecule has 1 rings (SSSR count). The largest absolute Gasteiger partial charge is 0.454 e. The van der Waals surface area contributed by atoms with E-state index < -0.39 is 67.4 Å². The summed E-state index contributed by atoms with van der Waals surface area (Å²) in [6, 6.07) is -1.03. The molecule has 1 heterocycles. The predicted octanol–water partition coefficient (Wildman–Crippen LogP) is 11.3. The molecule has 0 saturated carbocycles. The minimum atomic E-state index is -1.63. The third-order valence-electron chi connectivity index (χ3n) is 12.3. The molecule has 11 heteroatoms. The zero-order valence-corrected chi connectivity index (χ0v) is 42.2. The van der Waals surface area contributed by atoms with Crippen LogP contribution in [-0.2, 0) is 23.8 Å². The Morgan fingerprint density at radius 2 is 1.07 bits per heavy atom. The van der Waals surface area contributed by atoms with E-state index in [-0.39, 0.29) is 19.4 Å². The first kappa shape index (κ1) is 62.1. The van der Waals surface area contributed by atoms with Crippen LogP contribution in [0.15, 0.2) is 72.9 Å². The third kappa shape index (κ3) is 33.3. The van der Waals surface area contributed by atoms with Crippen molar-refractivity contribution in [2.45, 2.75) is 256 Å². The molecule has 8 atom stereocenters. The Balaban J connectivity index is 2.80. The molecule has 0 radical (unpaired) electrons. The van der Waals surface area contributed by atoms with Gasteiger partial charge in [0.2, 0.25) is 5.91 Å². The van der Waals surface area contributed by atoms with Crippen molar-refractivity contribution in [3.63, 3.8) is 0 Å². The molecule has 1 aliphatic heterocycles. The number of aliphatic hydroxyl groups excluding tert-OH is 5. The number of carbonyl (C=O) groups excluding carboxylic acids is 2. The standard InChI is InChI=1S/C56H97NO10/c1-4-7-10-13-16-19-22-24-25-26-29-32-35-38-41-44-51(61)67-54-53(63)52(62)50(45-58)66-56(54)65-46-47(48(59)42-39-36-33-30-27-21-18-15-12-9-6-3)57-55(64)49(60)43-40-37-34-31-28-23-20-17-14-11-8-5-2/h7,10,13,16,19,22,24-26,29,39,42,47-50,52-54,56,58-60,62-63H,4-6,8-9,11-12,14-15,17-18,20-21,23,27-28,30-38,40-41,43-46H2,1-3H3,(H,57,64)/b10-7+,16-13+,22-19-,25-24-,29-26+,42-39+. The second-order valence-electron chi connectivity index (χ2n) is 18.4. The van der Waals surface area contributed by atoms with Crippen molar-refractivity contribution in [1.29, 1.82) is 0 Å². The molecule has 1 aliphatic rings. The van der Waals surface area contributed by atoms with Crippen molar-refractivity contribution in [2.75, 3.05) is 13.2 Å². The highest BCUT2D eigenvalue weighted by molar-refractivity contribution is 5.80. The molecule has 8 unspecified atom stereocenters. The van der Waals surface area contributed by atoms with E-state index in [9.17, 15) is 35.1 Å². The van der Waals surface area contributed by atoms with Crippen molar-refractivity contribution in [2.24, 2.45) is 0 Å². The second-order valence-corrected chi connectivity index (χ2v) is 18.4. The van der Waals surface area contributed by atoms with Gasteiger partial charge in [0.1, 0.15) is 24.4 Å². The van der Waals surface area contributed by atoms with Crippen molar-refractivity contribution < 1.29 is 49.3 Å². The molecule has 1 amide bonds. The zero-order valence-electron chi connectivity index (χ0n) is 42.2. The van der Waals surface area contributed by atoms with Crippen molar-refractivity contribution in [3.05, 3.63) is 72.9 Å². The lowest BCUT2D eigenvalue weighted by atomic mass is 9.99. The van der Waals surface area contributed by atoms with Crippen molar-refractivity contribution in [3.8, 4) is 0 Å². The Hall–Kier alpha value is -2.90. The van der Waals surface area contributed by atoms with Crippen LogP contribution >= 0.6 is 0 Å². The summed E-state index contributed by atoms with van der Waals surface area (Å²) in [4.78, 5) is 26.3. The van der Waals surface area contributed by atoms with E-state index in [1.165, 1.54) is 96.3 Å². The molecule has 0 aromatic heterocycles. The van der Waals surface area contributed by atoms with E-state index in [0.29, 0.717) is 12.8 Å². The van der Waals surface area contributed by atoms with Gasteiger partial charge in [0.25, 0.3) is 0 Å². The molecule has 0 spiro atoms. The average molecular weight is 944 g/mol. The van der Waals surface area contributed by atoms with E-state index in [1.807, 2.05) is 54.7 Å². The highest BCUT2D eigenvalue weighted by Crippen LogP contribution is 2.26. The highest BCUT2D eigenvalue weighted by atomic mass is 16.7. The van der Waals surface area contributed by atoms with Gasteiger partial charge < -0.3 is 45.1 Å². The maximum atomic E-state index is 13.3. The molecule has 0 aromatic carbocycles. The van der Waals surface area contributed by atoms with Gasteiger partial charge in [-0.25, -0.2) is 0 Å². The average Bonchev–Trinajstić information content (AvgIpc) is 3.32. The first-order valence-corrected chi connectivity index (χ1v) is 26.8. The summed E-state index contributed by atoms with van der Waals surface area (Å²) >= 11 is 0. The number of allylic oxidation sites excluding steroid dienone is 11. The first-order chi connectivity index (χ1) is 32.7. The maximum absolute atomic E-state index is 13.3. The lowest BCUT2D eigenvalue weighted by Crippen LogP contribution is -2.61. The number of nitrogens with one attached hydrogen (secondary N) is 1. The fourth-order valence-electron chi connectivity index (χ4n) is 7.96. The summed E-state index contributed by atoms with van der Waals surface area (Å²) in [5.74, 6) is -1.24. The van der Waals surface area contributed by atoms with Crippen molar-refractivity contribution in [1.82, 2.24) is 5.32 Å². The summed E-state index contributed by atoms with van der Waals surface area (Å²) in [6.07, 6.45) is 43.8. The first-order valence-electron chi connectivity index (χ1n) is 26.8. The minimum absolute atomic E-state index is 0.0725. The molecule has 0 bridgehead atoms. The van der Waals surface area contributed by atoms with Gasteiger partial charge in [0, 0.05) is 6.42 Å². The molecule has 0 aromatic rings. The van der Waals surface area contributed by atoms with Crippen LogP contribution in [0.25, 0.3) is 0 Å². The van der Waals surface area contributed by atoms with Crippen LogP contribution in [0.1, 0.15) is 207 Å². The number of hydrogen-bond donors (Lipinski definition) is 6. The topological polar surface area (TPSA) is 175 Å². The van der Waals surface area contributed by atoms with Crippen LogP contribution in [0.5, 0.6) is 0 Å². The van der Waals surface area contributed by atoms with Gasteiger partial charge in [-0.1, -0.05) is 229 Å². The van der Waals surface area contributed by atoms with Crippen LogP contribution in [-0.4, -0.2) is 99.6 Å². The quantitative estimate of drug-likeness (QED) is 0.0149. The number of unbranched alkanes of at least 4 members (excludes halogenated alkanes) is 23. The number of amides is 1. The van der Waals surface area contributed by atoms with Gasteiger partial charge in [-0.3, -0.25) is 9.59 Å². The monoisotopic (exact) mass is 944 g/mol. The van der Waals surface area contributed by atoms with Gasteiger partial charge in [-0.2, -0.15) is 0 Å². The molecule has 0 aliphatic carbocycles. The zero-order chi connectivity index (χ0) is 49.0. The van der Waals surface area contributed by atoms with Gasteiger partial charge in [0.15, 0.2) is 12.4 Å². The van der Waals surface area contributed by atoms with E-state index >= 15 is 0 Å². The third-order valence-corrected chi connectivity index (χ3v) is 12.3. The smallest absolute Gasteiger partial charge is 0.306 e. The normalized spacial score (nSPS) is 20.6. The number of esters is 1. The number of ether oxygens (including phenoxy) is 3. The summed E-state index contributed by atoms with van der Waals surface area (Å²) in [5, 5.41) is 56.6. The highest BCUT2D eigenvalue weighted by Gasteiger charge is 2.47. The van der Waals surface area contributed by atoms with Crippen LogP contribution in [0.2, 0.25) is 0 Å². The van der Waals surface area contributed by atoms with Crippen LogP contribution in [0, 0.1) is 0 Å². The molecular formula is C56H97NO10. The fraction of sp³-hybridized carbons (Fsp3) is 0.750. The molecule has 386 valence electrons. The number of rotatable bonds is 43. The Labute approximate surface area is 407 Å². The lowest BCUT2D eigenvalue weighted by molar-refractivity contribution is -0.305. The molecule has 6 N–H and O–H groups in total. The van der Waals surface area contributed by atoms with E-state index in [0.717, 1.165) is 64.2 Å². The number of hydrogen-bond acceptors (Lipinski definition) is 10. The molecule has 1 saturated heterocycles. The van der Waals surface area contributed by atoms with E-state index in [2.05, 4.69) is 38.2 Å². The van der Waals surface area contributed by atoms with Gasteiger partial charge in [-0.05, 0) is 44.9 Å². The summed E-state index contributed by atoms with van der Waals surface area (Å²) in [7, 11) is 0. The fourth-order valence-corrected chi connectivity index (χ4v) is 7.96. The summed E-state index contributed by atoms with van der Waals surface area (Å²) < 4.78 is 17.5. The van der Waals surface area contributed by atoms with E-state index in [1.54, 1.807) is 6.08 Å². The maximum Gasteiger partial charge on any atom is 0.306 e. The second kappa shape index (κ2) is 44.3. The number of aliphatic hydroxyl groups is 5. The van der Waals surface area contributed by atoms with Crippen LogP contribution in [0.3, 0.4) is 0 Å². The Morgan fingerprint density at radius 1 is 0.597 bits per heavy atom. The van der Waals surface area contributed by atoms with Gasteiger partial charge >= 0.3 is 5.97 Å². The van der Waals surface area contributed by atoms with Crippen LogP contribution in [0.4, 0.5) is 0 Å². The SMILES string of the molecule is CC/C=C/C=C/C=C\C=C/C=C/CCCCCC(=O)OC1C(OCC(NC(=O)C(O)CCCCCCCCCCCCCC)C(O)/C=C/CCCCCCCCCCC)OC(CO)C(O)C1O. The Kier molecular flexibility index (Phi) is 41.1. The van der Waals surface area contributed by atoms with Crippen LogP contribution < -0.4 is 5.32 Å². The lowest BCUT2D eigenvalue weighted by Gasteiger charge is -2.41. The van der Waals surface area contributed by atoms with Gasteiger partial charge in [0.05, 0.1) is 25.4 Å². The minimum Gasteiger partial charge on any atom is -0.454 e. The Morgan fingerprint density at radius 3 is 1.61 bits per heavy atom. The summed E-state index contributed by atoms with van der Waals surface area (Å²) in [6.45, 7) is 5.58. The summed E-state index contributed by atoms with van der Waals surface area (Å²) in [5.41, 5.74) is 0. The molecule has 67 heavy (non-hydrogen) atoms. The molecule has 1 fully saturated rings.